The van der Waals surface area contributed by atoms with Crippen molar-refractivity contribution in [3.63, 3.8) is 0 Å². The summed E-state index contributed by atoms with van der Waals surface area (Å²) in [6.07, 6.45) is 49.5. The van der Waals surface area contributed by atoms with Gasteiger partial charge in [-0.25, -0.2) is 0 Å². The Balaban J connectivity index is 1.60. The maximum absolute atomic E-state index is 13.3. The Kier molecular flexibility index (Phi) is 48.8. The molecule has 0 aromatic carbocycles. The number of aliphatic hydroxyl groups excluding tert-OH is 8. The molecule has 12 atom stereocenters. The number of nitrogens with one attached hydrogen (secondary N) is 1. The van der Waals surface area contributed by atoms with E-state index in [0.717, 1.165) is 44.9 Å². The lowest BCUT2D eigenvalue weighted by molar-refractivity contribution is -0.359. The van der Waals surface area contributed by atoms with Gasteiger partial charge in [0.1, 0.15) is 48.8 Å². The third kappa shape index (κ3) is 37.4. The van der Waals surface area contributed by atoms with Crippen molar-refractivity contribution in [2.45, 2.75) is 364 Å². The van der Waals surface area contributed by atoms with E-state index in [2.05, 4.69) is 43.5 Å². The second-order valence-corrected chi connectivity index (χ2v) is 23.9. The average Bonchev–Trinajstić information content (AvgIpc) is 3.63. The molecule has 2 aliphatic rings. The molecular weight excluding hydrogens is 1030 g/mol. The SMILES string of the molecule is CCCCC/C=C/CC/C=C/CC/C=C/C(O)C(COC1OC(CO)C(OC2OC(CO)C(O)C(O)C2O)C(O)C1O)NC(=O)CCCCCCCCCCCCCCCCCCCCCCCCCCCCCCCCCCCC. The maximum Gasteiger partial charge on any atom is 0.220 e. The van der Waals surface area contributed by atoms with E-state index in [1.807, 2.05) is 6.08 Å². The molecule has 14 nitrogen and oxygen atoms in total. The highest BCUT2D eigenvalue weighted by Gasteiger charge is 2.51. The lowest BCUT2D eigenvalue weighted by Crippen LogP contribution is -2.65. The average molecular weight is 1150 g/mol. The molecule has 2 heterocycles. The van der Waals surface area contributed by atoms with Crippen molar-refractivity contribution in [2.75, 3.05) is 19.8 Å². The number of carbonyl (C=O) groups excluding carboxylic acids is 1. The number of carbonyl (C=O) groups is 1. The first kappa shape index (κ1) is 75.3. The Morgan fingerprint density at radius 1 is 0.432 bits per heavy atom. The van der Waals surface area contributed by atoms with Gasteiger partial charge in [0, 0.05) is 6.42 Å². The van der Waals surface area contributed by atoms with E-state index in [-0.39, 0.29) is 18.9 Å². The molecule has 2 aliphatic heterocycles. The predicted octanol–water partition coefficient (Wildman–Crippen LogP) is 13.0. The zero-order valence-electron chi connectivity index (χ0n) is 51.5. The van der Waals surface area contributed by atoms with Crippen molar-refractivity contribution >= 4 is 5.91 Å². The minimum absolute atomic E-state index is 0.249. The summed E-state index contributed by atoms with van der Waals surface area (Å²) in [5, 5.41) is 87.1. The van der Waals surface area contributed by atoms with Crippen LogP contribution in [0.2, 0.25) is 0 Å². The highest BCUT2D eigenvalue weighted by Crippen LogP contribution is 2.30. The van der Waals surface area contributed by atoms with Gasteiger partial charge < -0.3 is 65.1 Å². The minimum Gasteiger partial charge on any atom is -0.394 e. The quantitative estimate of drug-likeness (QED) is 0.0204. The smallest absolute Gasteiger partial charge is 0.220 e. The molecule has 2 saturated heterocycles. The highest BCUT2D eigenvalue weighted by molar-refractivity contribution is 5.76. The van der Waals surface area contributed by atoms with Crippen LogP contribution in [0.5, 0.6) is 0 Å². The van der Waals surface area contributed by atoms with Crippen molar-refractivity contribution in [3.8, 4) is 0 Å². The van der Waals surface area contributed by atoms with Crippen LogP contribution >= 0.6 is 0 Å². The second-order valence-electron chi connectivity index (χ2n) is 23.9. The zero-order chi connectivity index (χ0) is 58.8. The van der Waals surface area contributed by atoms with E-state index >= 15 is 0 Å². The largest absolute Gasteiger partial charge is 0.394 e. The van der Waals surface area contributed by atoms with E-state index in [0.29, 0.717) is 12.8 Å². The first-order valence-electron chi connectivity index (χ1n) is 33.7. The van der Waals surface area contributed by atoms with Crippen LogP contribution < -0.4 is 5.32 Å². The number of amides is 1. The summed E-state index contributed by atoms with van der Waals surface area (Å²) in [6.45, 7) is 2.76. The van der Waals surface area contributed by atoms with Gasteiger partial charge in [-0.3, -0.25) is 4.79 Å². The fourth-order valence-electron chi connectivity index (χ4n) is 11.2. The third-order valence-electron chi connectivity index (χ3n) is 16.6. The standard InChI is InChI=1S/C67H125NO13/c1-3-5-7-9-11-13-15-17-18-19-20-21-22-23-24-25-26-27-28-29-30-31-32-33-34-35-36-37-39-41-43-45-47-49-51-59(72)68-55(56(71)50-48-46-44-42-40-38-16-14-12-10-8-6-4-2)54-78-66-64(77)62(75)65(58(53-70)80-66)81-67-63(76)61(74)60(73)57(52-69)79-67/h12,14,40,42,48,50,55-58,60-67,69-71,73-77H,3-11,13,15-39,41,43-47,49,51-54H2,1-2H3,(H,68,72)/b14-12+,42-40+,50-48+. The van der Waals surface area contributed by atoms with Crippen LogP contribution in [0.4, 0.5) is 0 Å². The Hall–Kier alpha value is -1.79. The maximum atomic E-state index is 13.3. The highest BCUT2D eigenvalue weighted by atomic mass is 16.7. The molecular formula is C67H125NO13. The molecule has 1 amide bonds. The number of unbranched alkanes of at least 4 members (excludes halogenated alkanes) is 38. The van der Waals surface area contributed by atoms with Gasteiger partial charge in [-0.15, -0.1) is 0 Å². The van der Waals surface area contributed by atoms with Gasteiger partial charge in [-0.1, -0.05) is 275 Å². The predicted molar refractivity (Wildman–Crippen MR) is 328 cm³/mol. The van der Waals surface area contributed by atoms with E-state index in [4.69, 9.17) is 18.9 Å². The topological polar surface area (TPSA) is 228 Å². The summed E-state index contributed by atoms with van der Waals surface area (Å²) < 4.78 is 22.8. The zero-order valence-corrected chi connectivity index (χ0v) is 51.5. The number of allylic oxidation sites excluding steroid dienone is 5. The van der Waals surface area contributed by atoms with E-state index in [1.165, 1.54) is 212 Å². The minimum atomic E-state index is -1.79. The van der Waals surface area contributed by atoms with Crippen molar-refractivity contribution < 1.29 is 64.6 Å². The molecule has 0 bridgehead atoms. The normalized spacial score (nSPS) is 24.3. The van der Waals surface area contributed by atoms with Crippen LogP contribution in [0, 0.1) is 0 Å². The van der Waals surface area contributed by atoms with Crippen molar-refractivity contribution in [1.82, 2.24) is 5.32 Å². The number of hydrogen-bond acceptors (Lipinski definition) is 13. The van der Waals surface area contributed by atoms with Gasteiger partial charge in [0.05, 0.1) is 32.0 Å². The van der Waals surface area contributed by atoms with Gasteiger partial charge in [0.15, 0.2) is 12.6 Å². The van der Waals surface area contributed by atoms with Gasteiger partial charge in [-0.05, 0) is 44.9 Å². The molecule has 0 aliphatic carbocycles. The van der Waals surface area contributed by atoms with Crippen LogP contribution in [0.3, 0.4) is 0 Å². The van der Waals surface area contributed by atoms with Crippen LogP contribution in [-0.4, -0.2) is 140 Å². The molecule has 0 aromatic heterocycles. The number of hydrogen-bond donors (Lipinski definition) is 9. The molecule has 0 aromatic rings. The van der Waals surface area contributed by atoms with Crippen molar-refractivity contribution in [2.24, 2.45) is 0 Å². The molecule has 81 heavy (non-hydrogen) atoms. The molecule has 2 fully saturated rings. The lowest BCUT2D eigenvalue weighted by Gasteiger charge is -2.46. The van der Waals surface area contributed by atoms with Crippen molar-refractivity contribution in [3.05, 3.63) is 36.5 Å². The van der Waals surface area contributed by atoms with Gasteiger partial charge >= 0.3 is 0 Å². The number of aliphatic hydroxyl groups is 8. The molecule has 9 N–H and O–H groups in total. The van der Waals surface area contributed by atoms with Crippen LogP contribution in [0.15, 0.2) is 36.5 Å². The van der Waals surface area contributed by atoms with Crippen LogP contribution in [0.1, 0.15) is 290 Å². The summed E-state index contributed by atoms with van der Waals surface area (Å²) in [5.41, 5.74) is 0. The summed E-state index contributed by atoms with van der Waals surface area (Å²) in [4.78, 5) is 13.3. The molecule has 12 unspecified atom stereocenters. The first-order chi connectivity index (χ1) is 39.6. The van der Waals surface area contributed by atoms with Crippen LogP contribution in [-0.2, 0) is 23.7 Å². The molecule has 2 rings (SSSR count). The Morgan fingerprint density at radius 3 is 1.21 bits per heavy atom. The van der Waals surface area contributed by atoms with Gasteiger partial charge in [-0.2, -0.15) is 0 Å². The number of ether oxygens (including phenoxy) is 4. The summed E-state index contributed by atoms with van der Waals surface area (Å²) >= 11 is 0. The fourth-order valence-corrected chi connectivity index (χ4v) is 11.2. The van der Waals surface area contributed by atoms with E-state index < -0.39 is 86.8 Å². The lowest BCUT2D eigenvalue weighted by atomic mass is 9.97. The van der Waals surface area contributed by atoms with Gasteiger partial charge in [0.25, 0.3) is 0 Å². The Labute approximate surface area is 493 Å². The van der Waals surface area contributed by atoms with Crippen LogP contribution in [0.25, 0.3) is 0 Å². The Morgan fingerprint density at radius 2 is 0.790 bits per heavy atom. The number of rotatable bonds is 55. The Bertz CT molecular complexity index is 1500. The fraction of sp³-hybridized carbons (Fsp3) is 0.896. The monoisotopic (exact) mass is 1150 g/mol. The second kappa shape index (κ2) is 52.5. The van der Waals surface area contributed by atoms with E-state index in [9.17, 15) is 45.6 Å². The summed E-state index contributed by atoms with van der Waals surface area (Å²) in [5.74, 6) is -0.249. The van der Waals surface area contributed by atoms with E-state index in [1.54, 1.807) is 6.08 Å². The summed E-state index contributed by atoms with van der Waals surface area (Å²) in [6, 6.07) is -0.935. The first-order valence-corrected chi connectivity index (χ1v) is 33.7. The summed E-state index contributed by atoms with van der Waals surface area (Å²) in [7, 11) is 0. The van der Waals surface area contributed by atoms with Crippen molar-refractivity contribution in [1.29, 1.82) is 0 Å². The molecule has 476 valence electrons. The third-order valence-corrected chi connectivity index (χ3v) is 16.6. The molecule has 14 heteroatoms. The molecule has 0 radical (unpaired) electrons. The molecule has 0 spiro atoms. The van der Waals surface area contributed by atoms with Gasteiger partial charge in [0.2, 0.25) is 5.91 Å². The molecule has 0 saturated carbocycles.